The van der Waals surface area contributed by atoms with Gasteiger partial charge in [-0.1, -0.05) is 24.3 Å². The second-order valence-corrected chi connectivity index (χ2v) is 6.32. The zero-order valence-corrected chi connectivity index (χ0v) is 15.2. The second-order valence-electron chi connectivity index (χ2n) is 6.32. The number of ether oxygens (including phenoxy) is 1. The number of nitrogens with zero attached hydrogens (tertiary/aromatic N) is 1. The number of carbonyl (C=O) groups excluding carboxylic acids is 1. The van der Waals surface area contributed by atoms with Gasteiger partial charge in [0.05, 0.1) is 19.6 Å². The number of nitrogens with one attached hydrogen (secondary N) is 1. The van der Waals surface area contributed by atoms with E-state index in [0.717, 1.165) is 22.4 Å². The molecule has 0 aliphatic rings. The van der Waals surface area contributed by atoms with E-state index in [1.165, 1.54) is 12.1 Å². The third-order valence-electron chi connectivity index (χ3n) is 4.19. The van der Waals surface area contributed by atoms with E-state index in [9.17, 15) is 9.18 Å². The molecule has 0 heterocycles. The van der Waals surface area contributed by atoms with Crippen molar-refractivity contribution in [3.63, 3.8) is 0 Å². The van der Waals surface area contributed by atoms with Gasteiger partial charge >= 0.3 is 0 Å². The summed E-state index contributed by atoms with van der Waals surface area (Å²) in [4.78, 5) is 14.2. The summed E-state index contributed by atoms with van der Waals surface area (Å²) >= 11 is 0. The topological polar surface area (TPSA) is 41.6 Å². The second kappa shape index (κ2) is 8.62. The quantitative estimate of drug-likeness (QED) is 0.839. The number of methoxy groups -OCH3 is 1. The van der Waals surface area contributed by atoms with Crippen LogP contribution in [0.3, 0.4) is 0 Å². The van der Waals surface area contributed by atoms with Gasteiger partial charge < -0.3 is 15.0 Å². The van der Waals surface area contributed by atoms with Crippen LogP contribution in [-0.2, 0) is 11.2 Å². The standard InChI is InChI=1S/C20H25FN2O2/c1-14-8-9-15(10-19(14)25-4)11-20(24)22-13-18(23(2)3)16-6-5-7-17(21)12-16/h5-10,12,18H,11,13H2,1-4H3,(H,22,24). The monoisotopic (exact) mass is 344 g/mol. The Bertz CT molecular complexity index is 731. The van der Waals surface area contributed by atoms with Crippen LogP contribution in [0.25, 0.3) is 0 Å². The predicted molar refractivity (Wildman–Crippen MR) is 97.3 cm³/mol. The number of halogens is 1. The lowest BCUT2D eigenvalue weighted by Crippen LogP contribution is -2.35. The van der Waals surface area contributed by atoms with Gasteiger partial charge in [-0.25, -0.2) is 4.39 Å². The van der Waals surface area contributed by atoms with Crippen molar-refractivity contribution < 1.29 is 13.9 Å². The molecular weight excluding hydrogens is 319 g/mol. The van der Waals surface area contributed by atoms with Crippen LogP contribution in [0.2, 0.25) is 0 Å². The molecule has 0 radical (unpaired) electrons. The first-order chi connectivity index (χ1) is 11.9. The predicted octanol–water partition coefficient (Wildman–Crippen LogP) is 3.10. The maximum Gasteiger partial charge on any atom is 0.224 e. The van der Waals surface area contributed by atoms with Crippen LogP contribution in [0.15, 0.2) is 42.5 Å². The molecule has 2 aromatic rings. The number of amides is 1. The van der Waals surface area contributed by atoms with Crippen LogP contribution in [-0.4, -0.2) is 38.6 Å². The van der Waals surface area contributed by atoms with Crippen molar-refractivity contribution in [3.8, 4) is 5.75 Å². The summed E-state index contributed by atoms with van der Waals surface area (Å²) in [7, 11) is 5.44. The summed E-state index contributed by atoms with van der Waals surface area (Å²) in [6.07, 6.45) is 0.278. The highest BCUT2D eigenvalue weighted by atomic mass is 19.1. The summed E-state index contributed by atoms with van der Waals surface area (Å²) < 4.78 is 18.8. The van der Waals surface area contributed by atoms with Gasteiger partial charge in [0.2, 0.25) is 5.91 Å². The minimum absolute atomic E-state index is 0.0749. The molecule has 0 spiro atoms. The van der Waals surface area contributed by atoms with E-state index in [2.05, 4.69) is 5.32 Å². The summed E-state index contributed by atoms with van der Waals surface area (Å²) in [5, 5.41) is 2.94. The largest absolute Gasteiger partial charge is 0.496 e. The van der Waals surface area contributed by atoms with Gasteiger partial charge in [0.1, 0.15) is 11.6 Å². The molecule has 1 N–H and O–H groups in total. The molecule has 2 aromatic carbocycles. The Morgan fingerprint density at radius 3 is 2.64 bits per heavy atom. The maximum absolute atomic E-state index is 13.5. The normalized spacial score (nSPS) is 12.1. The first-order valence-corrected chi connectivity index (χ1v) is 8.23. The van der Waals surface area contributed by atoms with Gasteiger partial charge in [0.25, 0.3) is 0 Å². The van der Waals surface area contributed by atoms with Gasteiger partial charge in [-0.3, -0.25) is 4.79 Å². The van der Waals surface area contributed by atoms with E-state index in [1.54, 1.807) is 13.2 Å². The van der Waals surface area contributed by atoms with Crippen LogP contribution < -0.4 is 10.1 Å². The highest BCUT2D eigenvalue weighted by Gasteiger charge is 2.16. The third kappa shape index (κ3) is 5.29. The smallest absolute Gasteiger partial charge is 0.224 e. The van der Waals surface area contributed by atoms with Gasteiger partial charge in [0, 0.05) is 6.54 Å². The number of aryl methyl sites for hydroxylation is 1. The lowest BCUT2D eigenvalue weighted by Gasteiger charge is -2.25. The molecule has 0 aliphatic heterocycles. The van der Waals surface area contributed by atoms with Gasteiger partial charge in [-0.05, 0) is 55.9 Å². The third-order valence-corrected chi connectivity index (χ3v) is 4.19. The Hall–Kier alpha value is -2.40. The van der Waals surface area contributed by atoms with Crippen LogP contribution in [0.5, 0.6) is 5.75 Å². The fraction of sp³-hybridized carbons (Fsp3) is 0.350. The minimum atomic E-state index is -0.276. The highest BCUT2D eigenvalue weighted by Crippen LogP contribution is 2.20. The molecule has 1 atom stereocenters. The van der Waals surface area contributed by atoms with Crippen molar-refractivity contribution in [2.45, 2.75) is 19.4 Å². The molecule has 2 rings (SSSR count). The van der Waals surface area contributed by atoms with Crippen LogP contribution in [0, 0.1) is 12.7 Å². The lowest BCUT2D eigenvalue weighted by atomic mass is 10.1. The zero-order valence-electron chi connectivity index (χ0n) is 15.2. The number of benzene rings is 2. The van der Waals surface area contributed by atoms with Crippen molar-refractivity contribution in [2.24, 2.45) is 0 Å². The molecule has 0 aromatic heterocycles. The molecule has 0 saturated heterocycles. The van der Waals surface area contributed by atoms with E-state index >= 15 is 0 Å². The summed E-state index contributed by atoms with van der Waals surface area (Å²) in [6.45, 7) is 2.38. The van der Waals surface area contributed by atoms with E-state index in [0.29, 0.717) is 6.54 Å². The fourth-order valence-electron chi connectivity index (χ4n) is 2.75. The van der Waals surface area contributed by atoms with Gasteiger partial charge in [-0.2, -0.15) is 0 Å². The minimum Gasteiger partial charge on any atom is -0.496 e. The number of carbonyl (C=O) groups is 1. The molecule has 1 unspecified atom stereocenters. The molecule has 25 heavy (non-hydrogen) atoms. The lowest BCUT2D eigenvalue weighted by molar-refractivity contribution is -0.120. The Balaban J connectivity index is 1.99. The van der Waals surface area contributed by atoms with E-state index in [-0.39, 0.29) is 24.2 Å². The van der Waals surface area contributed by atoms with Crippen molar-refractivity contribution >= 4 is 5.91 Å². The first kappa shape index (κ1) is 18.9. The Morgan fingerprint density at radius 2 is 2.00 bits per heavy atom. The average molecular weight is 344 g/mol. The zero-order chi connectivity index (χ0) is 18.4. The molecule has 5 heteroatoms. The molecule has 0 aliphatic carbocycles. The molecule has 4 nitrogen and oxygen atoms in total. The Morgan fingerprint density at radius 1 is 1.24 bits per heavy atom. The first-order valence-electron chi connectivity index (χ1n) is 8.23. The van der Waals surface area contributed by atoms with Crippen molar-refractivity contribution in [3.05, 3.63) is 65.0 Å². The molecular formula is C20H25FN2O2. The summed E-state index contributed by atoms with van der Waals surface area (Å²) in [5.74, 6) is 0.424. The number of rotatable bonds is 7. The molecule has 134 valence electrons. The molecule has 0 saturated carbocycles. The van der Waals surface area contributed by atoms with Crippen molar-refractivity contribution in [1.29, 1.82) is 0 Å². The van der Waals surface area contributed by atoms with Gasteiger partial charge in [0.15, 0.2) is 0 Å². The fourth-order valence-corrected chi connectivity index (χ4v) is 2.75. The van der Waals surface area contributed by atoms with Crippen LogP contribution in [0.1, 0.15) is 22.7 Å². The number of hydrogen-bond acceptors (Lipinski definition) is 3. The van der Waals surface area contributed by atoms with Crippen molar-refractivity contribution in [2.75, 3.05) is 27.7 Å². The van der Waals surface area contributed by atoms with Crippen LogP contribution >= 0.6 is 0 Å². The maximum atomic E-state index is 13.5. The van der Waals surface area contributed by atoms with E-state index < -0.39 is 0 Å². The van der Waals surface area contributed by atoms with E-state index in [1.807, 2.05) is 50.2 Å². The SMILES string of the molecule is COc1cc(CC(=O)NCC(c2cccc(F)c2)N(C)C)ccc1C. The molecule has 1 amide bonds. The van der Waals surface area contributed by atoms with Crippen molar-refractivity contribution in [1.82, 2.24) is 10.2 Å². The molecule has 0 bridgehead atoms. The number of likely N-dealkylation sites (N-methyl/N-ethyl adjacent to an activating group) is 1. The summed E-state index contributed by atoms with van der Waals surface area (Å²) in [5.41, 5.74) is 2.76. The summed E-state index contributed by atoms with van der Waals surface area (Å²) in [6, 6.07) is 12.1. The van der Waals surface area contributed by atoms with Crippen LogP contribution in [0.4, 0.5) is 4.39 Å². The Kier molecular flexibility index (Phi) is 6.53. The Labute approximate surface area is 148 Å². The average Bonchev–Trinajstić information content (AvgIpc) is 2.56. The molecule has 0 fully saturated rings. The highest BCUT2D eigenvalue weighted by molar-refractivity contribution is 5.78. The van der Waals surface area contributed by atoms with E-state index in [4.69, 9.17) is 4.74 Å². The number of hydrogen-bond donors (Lipinski definition) is 1. The van der Waals surface area contributed by atoms with Gasteiger partial charge in [-0.15, -0.1) is 0 Å².